The fourth-order valence-electron chi connectivity index (χ4n) is 3.59. The second kappa shape index (κ2) is 7.74. The van der Waals surface area contributed by atoms with E-state index >= 15 is 0 Å². The average molecular weight is 347 g/mol. The first-order valence-electron chi connectivity index (χ1n) is 8.63. The van der Waals surface area contributed by atoms with E-state index in [0.717, 1.165) is 36.4 Å². The van der Waals surface area contributed by atoms with Crippen molar-refractivity contribution in [1.82, 2.24) is 15.1 Å². The summed E-state index contributed by atoms with van der Waals surface area (Å²) in [5.41, 5.74) is 1.01. The summed E-state index contributed by atoms with van der Waals surface area (Å²) >= 11 is 0. The Labute approximate surface area is 147 Å². The molecular weight excluding hydrogens is 322 g/mol. The third-order valence-corrected chi connectivity index (χ3v) is 4.85. The van der Waals surface area contributed by atoms with E-state index in [-0.39, 0.29) is 30.9 Å². The minimum Gasteiger partial charge on any atom is -0.497 e. The number of carbonyl (C=O) groups is 2. The Morgan fingerprint density at radius 3 is 2.84 bits per heavy atom. The quantitative estimate of drug-likeness (QED) is 0.853. The van der Waals surface area contributed by atoms with Crippen molar-refractivity contribution in [2.75, 3.05) is 46.9 Å². The zero-order chi connectivity index (χ0) is 17.8. The predicted molar refractivity (Wildman–Crippen MR) is 92.7 cm³/mol. The number of carbonyl (C=O) groups excluding carboxylic acids is 2. The normalized spacial score (nSPS) is 21.1. The highest BCUT2D eigenvalue weighted by Crippen LogP contribution is 2.38. The second-order valence-electron chi connectivity index (χ2n) is 6.41. The summed E-state index contributed by atoms with van der Waals surface area (Å²) in [6.07, 6.45) is 1.88. The van der Waals surface area contributed by atoms with Gasteiger partial charge in [-0.05, 0) is 25.0 Å². The highest BCUT2D eigenvalue weighted by atomic mass is 16.5. The van der Waals surface area contributed by atoms with Gasteiger partial charge >= 0.3 is 0 Å². The van der Waals surface area contributed by atoms with Gasteiger partial charge in [-0.1, -0.05) is 0 Å². The van der Waals surface area contributed by atoms with Gasteiger partial charge in [-0.15, -0.1) is 0 Å². The van der Waals surface area contributed by atoms with Crippen molar-refractivity contribution < 1.29 is 19.1 Å². The molecule has 0 saturated carbocycles. The molecule has 0 bridgehead atoms. The molecule has 2 heterocycles. The van der Waals surface area contributed by atoms with Gasteiger partial charge in [-0.25, -0.2) is 0 Å². The monoisotopic (exact) mass is 347 g/mol. The summed E-state index contributed by atoms with van der Waals surface area (Å²) in [4.78, 5) is 28.1. The van der Waals surface area contributed by atoms with Crippen molar-refractivity contribution in [2.45, 2.75) is 18.9 Å². The maximum Gasteiger partial charge on any atom is 0.237 e. The second-order valence-corrected chi connectivity index (χ2v) is 6.41. The predicted octanol–water partition coefficient (Wildman–Crippen LogP) is 0.799. The summed E-state index contributed by atoms with van der Waals surface area (Å²) in [5.74, 6) is 1.51. The molecule has 136 valence electrons. The third kappa shape index (κ3) is 3.87. The number of nitrogens with one attached hydrogen (secondary N) is 1. The maximum absolute atomic E-state index is 12.8. The van der Waals surface area contributed by atoms with Crippen LogP contribution in [0.15, 0.2) is 18.2 Å². The molecule has 7 nitrogen and oxygen atoms in total. The number of methoxy groups -OCH3 is 2. The number of hydrogen-bond donors (Lipinski definition) is 1. The van der Waals surface area contributed by atoms with E-state index < -0.39 is 0 Å². The molecule has 0 spiro atoms. The van der Waals surface area contributed by atoms with Gasteiger partial charge in [0.2, 0.25) is 11.8 Å². The minimum atomic E-state index is -0.0196. The molecule has 1 aromatic carbocycles. The molecule has 3 rings (SSSR count). The van der Waals surface area contributed by atoms with Crippen molar-refractivity contribution in [3.63, 3.8) is 0 Å². The van der Waals surface area contributed by atoms with E-state index in [4.69, 9.17) is 9.47 Å². The van der Waals surface area contributed by atoms with Crippen LogP contribution in [0.5, 0.6) is 11.5 Å². The molecule has 0 aliphatic carbocycles. The van der Waals surface area contributed by atoms with Crippen molar-refractivity contribution in [3.8, 4) is 11.5 Å². The standard InChI is InChI=1S/C18H25N3O4/c1-24-13-5-6-14(16(10-13)25-2)15-4-3-8-21(15)18(23)12-20-9-7-19-17(22)11-20/h5-6,10,15H,3-4,7-9,11-12H2,1-2H3,(H,19,22)/t15-/m1/s1. The lowest BCUT2D eigenvalue weighted by Crippen LogP contribution is -2.51. The summed E-state index contributed by atoms with van der Waals surface area (Å²) in [6.45, 7) is 2.61. The van der Waals surface area contributed by atoms with Crippen LogP contribution in [0.3, 0.4) is 0 Å². The fraction of sp³-hybridized carbons (Fsp3) is 0.556. The Hall–Kier alpha value is -2.28. The number of nitrogens with zero attached hydrogens (tertiary/aromatic N) is 2. The van der Waals surface area contributed by atoms with Gasteiger partial charge in [-0.3, -0.25) is 14.5 Å². The molecule has 0 radical (unpaired) electrons. The number of piperazine rings is 1. The zero-order valence-electron chi connectivity index (χ0n) is 14.8. The molecule has 2 aliphatic heterocycles. The van der Waals surface area contributed by atoms with Gasteiger partial charge in [0.15, 0.2) is 0 Å². The van der Waals surface area contributed by atoms with Crippen LogP contribution in [0.2, 0.25) is 0 Å². The van der Waals surface area contributed by atoms with Gasteiger partial charge in [0.05, 0.1) is 33.4 Å². The summed E-state index contributed by atoms with van der Waals surface area (Å²) in [5, 5.41) is 2.78. The number of hydrogen-bond acceptors (Lipinski definition) is 5. The number of amides is 2. The smallest absolute Gasteiger partial charge is 0.237 e. The van der Waals surface area contributed by atoms with E-state index in [1.807, 2.05) is 28.0 Å². The van der Waals surface area contributed by atoms with Crippen molar-refractivity contribution in [3.05, 3.63) is 23.8 Å². The van der Waals surface area contributed by atoms with E-state index in [2.05, 4.69) is 5.32 Å². The van der Waals surface area contributed by atoms with Crippen molar-refractivity contribution in [2.24, 2.45) is 0 Å². The molecule has 2 fully saturated rings. The van der Waals surface area contributed by atoms with Crippen molar-refractivity contribution in [1.29, 1.82) is 0 Å². The molecule has 1 atom stereocenters. The molecule has 1 aromatic rings. The van der Waals surface area contributed by atoms with E-state index in [1.165, 1.54) is 0 Å². The molecule has 0 unspecified atom stereocenters. The molecule has 25 heavy (non-hydrogen) atoms. The van der Waals surface area contributed by atoms with Crippen molar-refractivity contribution >= 4 is 11.8 Å². The average Bonchev–Trinajstić information content (AvgIpc) is 3.10. The number of likely N-dealkylation sites (tertiary alicyclic amines) is 1. The first-order chi connectivity index (χ1) is 12.1. The summed E-state index contributed by atoms with van der Waals surface area (Å²) in [7, 11) is 3.25. The molecule has 2 saturated heterocycles. The molecule has 0 aromatic heterocycles. The summed E-state index contributed by atoms with van der Waals surface area (Å²) in [6, 6.07) is 5.73. The molecule has 1 N–H and O–H groups in total. The number of ether oxygens (including phenoxy) is 2. The van der Waals surface area contributed by atoms with E-state index in [0.29, 0.717) is 13.1 Å². The van der Waals surface area contributed by atoms with Crippen LogP contribution in [-0.4, -0.2) is 68.6 Å². The Bertz CT molecular complexity index is 649. The molecule has 7 heteroatoms. The molecule has 2 aliphatic rings. The Kier molecular flexibility index (Phi) is 5.43. The Balaban J connectivity index is 1.73. The van der Waals surface area contributed by atoms with Crippen LogP contribution in [-0.2, 0) is 9.59 Å². The lowest BCUT2D eigenvalue weighted by molar-refractivity contribution is -0.134. The van der Waals surface area contributed by atoms with Crippen LogP contribution in [0.25, 0.3) is 0 Å². The Morgan fingerprint density at radius 1 is 1.28 bits per heavy atom. The summed E-state index contributed by atoms with van der Waals surface area (Å²) < 4.78 is 10.8. The number of rotatable bonds is 5. The molecular formula is C18H25N3O4. The van der Waals surface area contributed by atoms with Crippen LogP contribution in [0, 0.1) is 0 Å². The lowest BCUT2D eigenvalue weighted by Gasteiger charge is -2.31. The highest BCUT2D eigenvalue weighted by Gasteiger charge is 2.33. The van der Waals surface area contributed by atoms with Crippen LogP contribution in [0.1, 0.15) is 24.4 Å². The fourth-order valence-corrected chi connectivity index (χ4v) is 3.59. The lowest BCUT2D eigenvalue weighted by atomic mass is 10.0. The first kappa shape index (κ1) is 17.5. The van der Waals surface area contributed by atoms with Crippen LogP contribution >= 0.6 is 0 Å². The third-order valence-electron chi connectivity index (χ3n) is 4.85. The topological polar surface area (TPSA) is 71.1 Å². The van der Waals surface area contributed by atoms with E-state index in [9.17, 15) is 9.59 Å². The highest BCUT2D eigenvalue weighted by molar-refractivity contribution is 5.82. The van der Waals surface area contributed by atoms with Crippen LogP contribution < -0.4 is 14.8 Å². The van der Waals surface area contributed by atoms with Gasteiger partial charge in [-0.2, -0.15) is 0 Å². The Morgan fingerprint density at radius 2 is 2.12 bits per heavy atom. The van der Waals surface area contributed by atoms with Gasteiger partial charge < -0.3 is 19.7 Å². The van der Waals surface area contributed by atoms with Crippen LogP contribution in [0.4, 0.5) is 0 Å². The first-order valence-corrected chi connectivity index (χ1v) is 8.63. The number of benzene rings is 1. The van der Waals surface area contributed by atoms with Gasteiger partial charge in [0.1, 0.15) is 11.5 Å². The maximum atomic E-state index is 12.8. The van der Waals surface area contributed by atoms with E-state index in [1.54, 1.807) is 14.2 Å². The zero-order valence-corrected chi connectivity index (χ0v) is 14.8. The molecule has 2 amide bonds. The largest absolute Gasteiger partial charge is 0.497 e. The minimum absolute atomic E-state index is 0.00646. The van der Waals surface area contributed by atoms with Gasteiger partial charge in [0, 0.05) is 31.3 Å². The van der Waals surface area contributed by atoms with Gasteiger partial charge in [0.25, 0.3) is 0 Å². The SMILES string of the molecule is COc1ccc([C@H]2CCCN2C(=O)CN2CCNC(=O)C2)c(OC)c1.